The van der Waals surface area contributed by atoms with Crippen LogP contribution < -0.4 is 11.1 Å². The number of aryl methyl sites for hydroxylation is 1. The summed E-state index contributed by atoms with van der Waals surface area (Å²) >= 11 is 0. The van der Waals surface area contributed by atoms with E-state index in [1.54, 1.807) is 23.4 Å². The highest BCUT2D eigenvalue weighted by atomic mass is 16.6. The molecule has 2 radical (unpaired) electrons. The summed E-state index contributed by atoms with van der Waals surface area (Å²) < 4.78 is 14.0. The van der Waals surface area contributed by atoms with Crippen LogP contribution in [0.5, 0.6) is 0 Å². The minimum absolute atomic E-state index is 0.0163. The summed E-state index contributed by atoms with van der Waals surface area (Å²) in [5.74, 6) is -1.97. The maximum Gasteiger partial charge on any atom is 0.410 e. The van der Waals surface area contributed by atoms with Crippen LogP contribution in [0.15, 0.2) is 30.5 Å². The third kappa shape index (κ3) is 8.10. The Balaban J connectivity index is 1.51. The standard InChI is InChI=1S/C33H51BN6O6/c1-7-28-33(6)29(22(4)36-18-20(2)17-32(5,44)27(34)16-26(41)21(3)30(42)45-28)40(31(43)46-33)14-9-8-13-39-19-25(37-38-39)23-11-10-12-24(35)15-23/h10-12,15,19-22,27-30,36,42,44H,7-9,13-14,16-18,35H2,1-6H3/t20-,21-,22-,27-,28-,29-,30?,32+,33-/m1/s1. The molecule has 0 spiro atoms. The van der Waals surface area contributed by atoms with E-state index in [0.717, 1.165) is 17.7 Å². The Kier molecular flexibility index (Phi) is 11.6. The largest absolute Gasteiger partial charge is 0.438 e. The van der Waals surface area contributed by atoms with E-state index in [9.17, 15) is 19.8 Å². The third-order valence-electron chi connectivity index (χ3n) is 9.71. The minimum atomic E-state index is -1.44. The number of carbonyl (C=O) groups excluding carboxylic acids is 2. The van der Waals surface area contributed by atoms with Crippen LogP contribution in [0, 0.1) is 11.8 Å². The first-order valence-electron chi connectivity index (χ1n) is 16.5. The number of aliphatic hydroxyl groups is 2. The minimum Gasteiger partial charge on any atom is -0.438 e. The topological polar surface area (TPSA) is 165 Å². The molecule has 2 aromatic rings. The van der Waals surface area contributed by atoms with Crippen LogP contribution in [0.3, 0.4) is 0 Å². The van der Waals surface area contributed by atoms with Gasteiger partial charge in [0.05, 0.1) is 31.6 Å². The summed E-state index contributed by atoms with van der Waals surface area (Å²) in [6.07, 6.45) is 1.44. The molecule has 9 atom stereocenters. The van der Waals surface area contributed by atoms with Crippen LogP contribution in [0.1, 0.15) is 73.6 Å². The first kappa shape index (κ1) is 35.9. The lowest BCUT2D eigenvalue weighted by atomic mass is 9.67. The van der Waals surface area contributed by atoms with Crippen molar-refractivity contribution >= 4 is 25.4 Å². The number of benzene rings is 1. The van der Waals surface area contributed by atoms with Crippen molar-refractivity contribution in [2.24, 2.45) is 11.8 Å². The summed E-state index contributed by atoms with van der Waals surface area (Å²) in [5, 5.41) is 34.3. The normalized spacial score (nSPS) is 34.9. The summed E-state index contributed by atoms with van der Waals surface area (Å²) in [6.45, 7) is 12.6. The number of unbranched alkanes of at least 4 members (excludes halogenated alkanes) is 1. The number of nitrogens with one attached hydrogen (secondary N) is 1. The Bertz CT molecular complexity index is 1340. The van der Waals surface area contributed by atoms with Crippen molar-refractivity contribution in [3.8, 4) is 11.3 Å². The molecule has 0 bridgehead atoms. The second kappa shape index (κ2) is 14.8. The Hall–Kier alpha value is -3.00. The zero-order valence-electron chi connectivity index (χ0n) is 28.1. The molecule has 0 aliphatic carbocycles. The van der Waals surface area contributed by atoms with Gasteiger partial charge in [0, 0.05) is 36.8 Å². The molecule has 2 saturated heterocycles. The molecule has 1 aromatic heterocycles. The summed E-state index contributed by atoms with van der Waals surface area (Å²) in [5.41, 5.74) is 5.80. The number of aliphatic hydroxyl groups excluding tert-OH is 1. The Morgan fingerprint density at radius 2 is 1.89 bits per heavy atom. The second-order valence-electron chi connectivity index (χ2n) is 13.7. The molecule has 2 aliphatic rings. The molecule has 252 valence electrons. The van der Waals surface area contributed by atoms with Gasteiger partial charge in [-0.05, 0) is 76.9 Å². The fraction of sp³-hybridized carbons (Fsp3) is 0.697. The molecule has 0 saturated carbocycles. The van der Waals surface area contributed by atoms with E-state index in [2.05, 4.69) is 15.6 Å². The molecule has 4 rings (SSSR count). The number of aromatic nitrogens is 3. The zero-order chi connectivity index (χ0) is 33.8. The van der Waals surface area contributed by atoms with Crippen molar-refractivity contribution in [1.82, 2.24) is 25.2 Å². The van der Waals surface area contributed by atoms with Crippen molar-refractivity contribution in [2.45, 2.75) is 122 Å². The molecule has 1 amide bonds. The van der Waals surface area contributed by atoms with Crippen molar-refractivity contribution in [3.05, 3.63) is 30.5 Å². The van der Waals surface area contributed by atoms with Gasteiger partial charge in [0.25, 0.3) is 0 Å². The molecular formula is C33H51BN6O6. The number of hydrogen-bond donors (Lipinski definition) is 4. The highest BCUT2D eigenvalue weighted by molar-refractivity contribution is 6.14. The van der Waals surface area contributed by atoms with Crippen LogP contribution in [-0.2, 0) is 20.8 Å². The fourth-order valence-electron chi connectivity index (χ4n) is 6.91. The number of ketones is 1. The average Bonchev–Trinajstić information content (AvgIpc) is 3.57. The highest BCUT2D eigenvalue weighted by Gasteiger charge is 2.57. The molecular weight excluding hydrogens is 587 g/mol. The number of nitrogens with two attached hydrogens (primary N) is 1. The van der Waals surface area contributed by atoms with Crippen LogP contribution in [-0.4, -0.2) is 98.6 Å². The average molecular weight is 639 g/mol. The van der Waals surface area contributed by atoms with Gasteiger partial charge < -0.3 is 30.7 Å². The molecule has 3 heterocycles. The molecule has 1 unspecified atom stereocenters. The molecule has 5 N–H and O–H groups in total. The van der Waals surface area contributed by atoms with E-state index < -0.39 is 47.5 Å². The van der Waals surface area contributed by atoms with E-state index in [0.29, 0.717) is 44.6 Å². The number of ether oxygens (including phenoxy) is 2. The molecule has 1 aromatic carbocycles. The SMILES string of the molecule is [B][C@@H]1CC(=O)[C@@H](C)C(O)O[C@H](CC)[C@@]2(C)OC(=O)N(CCCCn3cc(-c4cccc(N)c4)nn3)[C@@H]2[C@@H](C)NC[C@H](C)C[C@]1(C)O. The van der Waals surface area contributed by atoms with Crippen molar-refractivity contribution in [1.29, 1.82) is 0 Å². The lowest BCUT2D eigenvalue weighted by Crippen LogP contribution is -2.61. The van der Waals surface area contributed by atoms with E-state index in [1.807, 2.05) is 58.2 Å². The van der Waals surface area contributed by atoms with Gasteiger partial charge in [-0.1, -0.05) is 38.1 Å². The van der Waals surface area contributed by atoms with Crippen LogP contribution in [0.2, 0.25) is 5.82 Å². The van der Waals surface area contributed by atoms with Gasteiger partial charge in [0.2, 0.25) is 0 Å². The van der Waals surface area contributed by atoms with Crippen LogP contribution >= 0.6 is 0 Å². The lowest BCUT2D eigenvalue weighted by Gasteiger charge is -2.42. The predicted octanol–water partition coefficient (Wildman–Crippen LogP) is 3.32. The quantitative estimate of drug-likeness (QED) is 0.201. The first-order valence-corrected chi connectivity index (χ1v) is 16.5. The molecule has 12 nitrogen and oxygen atoms in total. The first-order chi connectivity index (χ1) is 21.7. The molecule has 2 aliphatic heterocycles. The highest BCUT2D eigenvalue weighted by Crippen LogP contribution is 2.39. The third-order valence-corrected chi connectivity index (χ3v) is 9.71. The number of rotatable bonds is 7. The number of anilines is 1. The maximum atomic E-state index is 13.5. The van der Waals surface area contributed by atoms with Gasteiger partial charge in [0.15, 0.2) is 11.9 Å². The van der Waals surface area contributed by atoms with E-state index >= 15 is 0 Å². The van der Waals surface area contributed by atoms with Gasteiger partial charge in [-0.25, -0.2) is 4.79 Å². The van der Waals surface area contributed by atoms with Crippen LogP contribution in [0.4, 0.5) is 10.5 Å². The number of carbonyl (C=O) groups is 2. The van der Waals surface area contributed by atoms with Gasteiger partial charge in [-0.3, -0.25) is 14.4 Å². The van der Waals surface area contributed by atoms with Crippen LogP contribution in [0.25, 0.3) is 11.3 Å². The summed E-state index contributed by atoms with van der Waals surface area (Å²) in [7, 11) is 6.30. The number of hydrogen-bond acceptors (Lipinski definition) is 10. The number of nitrogens with zero attached hydrogens (tertiary/aromatic N) is 4. The predicted molar refractivity (Wildman–Crippen MR) is 176 cm³/mol. The Morgan fingerprint density at radius 1 is 1.17 bits per heavy atom. The van der Waals surface area contributed by atoms with Gasteiger partial charge >= 0.3 is 6.09 Å². The Labute approximate surface area is 273 Å². The zero-order valence-corrected chi connectivity index (χ0v) is 28.1. The number of nitrogen functional groups attached to an aromatic ring is 1. The molecule has 2 fully saturated rings. The molecule has 46 heavy (non-hydrogen) atoms. The van der Waals surface area contributed by atoms with Gasteiger partial charge in [-0.15, -0.1) is 5.10 Å². The van der Waals surface area contributed by atoms with Crippen molar-refractivity contribution in [3.63, 3.8) is 0 Å². The van der Waals surface area contributed by atoms with Crippen molar-refractivity contribution < 1.29 is 29.3 Å². The van der Waals surface area contributed by atoms with Gasteiger partial charge in [0.1, 0.15) is 17.6 Å². The fourth-order valence-corrected chi connectivity index (χ4v) is 6.91. The van der Waals surface area contributed by atoms with Crippen molar-refractivity contribution in [2.75, 3.05) is 18.8 Å². The second-order valence-corrected chi connectivity index (χ2v) is 13.7. The maximum absolute atomic E-state index is 13.5. The van der Waals surface area contributed by atoms with E-state index in [-0.39, 0.29) is 24.2 Å². The smallest absolute Gasteiger partial charge is 0.410 e. The number of fused-ring (bicyclic) bond motifs is 1. The van der Waals surface area contributed by atoms with Gasteiger partial charge in [-0.2, -0.15) is 0 Å². The Morgan fingerprint density at radius 3 is 2.59 bits per heavy atom. The number of Topliss-reactive ketones (excluding diaryl/α,β-unsaturated/α-hetero) is 1. The molecule has 13 heteroatoms. The summed E-state index contributed by atoms with van der Waals surface area (Å²) in [4.78, 5) is 28.3. The number of amides is 1. The lowest BCUT2D eigenvalue weighted by molar-refractivity contribution is -0.209. The summed E-state index contributed by atoms with van der Waals surface area (Å²) in [6, 6.07) is 6.83. The monoisotopic (exact) mass is 638 g/mol. The van der Waals surface area contributed by atoms with E-state index in [1.165, 1.54) is 0 Å². The van der Waals surface area contributed by atoms with E-state index in [4.69, 9.17) is 23.1 Å².